The van der Waals surface area contributed by atoms with Gasteiger partial charge in [0.25, 0.3) is 0 Å². The van der Waals surface area contributed by atoms with Gasteiger partial charge in [-0.1, -0.05) is 0 Å². The molecule has 15 heavy (non-hydrogen) atoms. The largest absolute Gasteiger partial charge is 0.497 e. The van der Waals surface area contributed by atoms with Crippen molar-refractivity contribution in [2.24, 2.45) is 0 Å². The summed E-state index contributed by atoms with van der Waals surface area (Å²) in [5, 5.41) is -0.0189. The third kappa shape index (κ3) is 1.69. The number of hydrogen-bond donors (Lipinski definition) is 0. The molecule has 1 unspecified atom stereocenters. The maximum absolute atomic E-state index is 11.7. The lowest BCUT2D eigenvalue weighted by Crippen LogP contribution is -2.36. The van der Waals surface area contributed by atoms with Crippen molar-refractivity contribution in [1.29, 1.82) is 0 Å². The van der Waals surface area contributed by atoms with Crippen molar-refractivity contribution >= 4 is 23.4 Å². The van der Waals surface area contributed by atoms with Gasteiger partial charge in [-0.05, 0) is 25.1 Å². The average molecular weight is 223 g/mol. The van der Waals surface area contributed by atoms with Crippen LogP contribution in [0.2, 0.25) is 0 Å². The Morgan fingerprint density at radius 2 is 2.20 bits per heavy atom. The summed E-state index contributed by atoms with van der Waals surface area (Å²) in [7, 11) is 3.46. The van der Waals surface area contributed by atoms with Crippen LogP contribution in [0, 0.1) is 0 Å². The van der Waals surface area contributed by atoms with E-state index in [4.69, 9.17) is 4.74 Å². The van der Waals surface area contributed by atoms with Crippen molar-refractivity contribution < 1.29 is 9.53 Å². The van der Waals surface area contributed by atoms with Gasteiger partial charge in [-0.2, -0.15) is 0 Å². The van der Waals surface area contributed by atoms with Crippen molar-refractivity contribution in [3.05, 3.63) is 18.2 Å². The first-order valence-electron chi connectivity index (χ1n) is 4.75. The lowest BCUT2D eigenvalue weighted by atomic mass is 10.2. The fourth-order valence-electron chi connectivity index (χ4n) is 1.63. The minimum absolute atomic E-state index is 0.0189. The van der Waals surface area contributed by atoms with E-state index in [0.717, 1.165) is 16.3 Å². The normalized spacial score (nSPS) is 20.1. The minimum atomic E-state index is -0.0189. The lowest BCUT2D eigenvalue weighted by molar-refractivity contribution is -0.117. The SMILES string of the molecule is COc1ccc2c(c1)SC(C)C(=O)N2C. The molecule has 0 aromatic heterocycles. The fraction of sp³-hybridized carbons (Fsp3) is 0.364. The number of methoxy groups -OCH3 is 1. The molecule has 0 fully saturated rings. The molecule has 1 heterocycles. The van der Waals surface area contributed by atoms with Gasteiger partial charge >= 0.3 is 0 Å². The van der Waals surface area contributed by atoms with Gasteiger partial charge in [0.2, 0.25) is 5.91 Å². The number of rotatable bonds is 1. The molecule has 0 saturated carbocycles. The van der Waals surface area contributed by atoms with E-state index in [9.17, 15) is 4.79 Å². The molecule has 2 rings (SSSR count). The third-order valence-corrected chi connectivity index (χ3v) is 3.65. The summed E-state index contributed by atoms with van der Waals surface area (Å²) >= 11 is 1.58. The average Bonchev–Trinajstić information content (AvgIpc) is 2.25. The van der Waals surface area contributed by atoms with Gasteiger partial charge in [0, 0.05) is 11.9 Å². The number of carbonyl (C=O) groups excluding carboxylic acids is 1. The molecule has 1 amide bonds. The lowest BCUT2D eigenvalue weighted by Gasteiger charge is -2.29. The number of thioether (sulfide) groups is 1. The van der Waals surface area contributed by atoms with Gasteiger partial charge in [0.05, 0.1) is 18.0 Å². The second-order valence-electron chi connectivity index (χ2n) is 3.49. The third-order valence-electron chi connectivity index (χ3n) is 2.51. The zero-order valence-electron chi connectivity index (χ0n) is 8.98. The molecule has 3 nitrogen and oxygen atoms in total. The van der Waals surface area contributed by atoms with Crippen LogP contribution in [0.5, 0.6) is 5.75 Å². The molecule has 1 aliphatic rings. The van der Waals surface area contributed by atoms with Gasteiger partial charge in [-0.25, -0.2) is 0 Å². The van der Waals surface area contributed by atoms with Crippen LogP contribution in [0.4, 0.5) is 5.69 Å². The summed E-state index contributed by atoms with van der Waals surface area (Å²) < 4.78 is 5.16. The first-order valence-corrected chi connectivity index (χ1v) is 5.63. The van der Waals surface area contributed by atoms with Crippen LogP contribution < -0.4 is 9.64 Å². The van der Waals surface area contributed by atoms with E-state index >= 15 is 0 Å². The van der Waals surface area contributed by atoms with Gasteiger partial charge in [0.15, 0.2) is 0 Å². The second kappa shape index (κ2) is 3.77. The van der Waals surface area contributed by atoms with Gasteiger partial charge in [-0.3, -0.25) is 4.79 Å². The molecule has 1 aromatic carbocycles. The summed E-state index contributed by atoms with van der Waals surface area (Å²) in [5.41, 5.74) is 0.962. The van der Waals surface area contributed by atoms with Crippen LogP contribution in [0.15, 0.2) is 23.1 Å². The molecule has 0 aliphatic carbocycles. The van der Waals surface area contributed by atoms with Gasteiger partial charge in [0.1, 0.15) is 5.75 Å². The van der Waals surface area contributed by atoms with Crippen molar-refractivity contribution in [3.63, 3.8) is 0 Å². The van der Waals surface area contributed by atoms with Crippen LogP contribution in [0.1, 0.15) is 6.92 Å². The van der Waals surface area contributed by atoms with E-state index in [1.807, 2.05) is 32.2 Å². The number of amides is 1. The quantitative estimate of drug-likeness (QED) is 0.730. The second-order valence-corrected chi connectivity index (χ2v) is 4.87. The molecule has 4 heteroatoms. The Balaban J connectivity index is 2.45. The highest BCUT2D eigenvalue weighted by atomic mass is 32.2. The molecule has 0 bridgehead atoms. The van der Waals surface area contributed by atoms with Gasteiger partial charge < -0.3 is 9.64 Å². The molecule has 1 aromatic rings. The van der Waals surface area contributed by atoms with Crippen molar-refractivity contribution in [3.8, 4) is 5.75 Å². The Kier molecular flexibility index (Phi) is 2.61. The predicted octanol–water partition coefficient (Wildman–Crippen LogP) is 2.15. The highest BCUT2D eigenvalue weighted by Gasteiger charge is 2.28. The zero-order valence-corrected chi connectivity index (χ0v) is 9.80. The van der Waals surface area contributed by atoms with Crippen LogP contribution in [-0.4, -0.2) is 25.3 Å². The number of ether oxygens (including phenoxy) is 1. The summed E-state index contributed by atoms with van der Waals surface area (Å²) in [6, 6.07) is 5.77. The summed E-state index contributed by atoms with van der Waals surface area (Å²) in [5.74, 6) is 0.980. The number of carbonyl (C=O) groups is 1. The zero-order chi connectivity index (χ0) is 11.0. The Morgan fingerprint density at radius 3 is 2.87 bits per heavy atom. The summed E-state index contributed by atoms with van der Waals surface area (Å²) in [6.45, 7) is 1.92. The monoisotopic (exact) mass is 223 g/mol. The van der Waals surface area contributed by atoms with E-state index in [2.05, 4.69) is 0 Å². The number of nitrogens with zero attached hydrogens (tertiary/aromatic N) is 1. The molecule has 80 valence electrons. The van der Waals surface area contributed by atoms with E-state index < -0.39 is 0 Å². The Labute approximate surface area is 93.4 Å². The number of anilines is 1. The molecule has 1 atom stereocenters. The molecule has 0 saturated heterocycles. The number of hydrogen-bond acceptors (Lipinski definition) is 3. The number of fused-ring (bicyclic) bond motifs is 1. The smallest absolute Gasteiger partial charge is 0.239 e. The van der Waals surface area contributed by atoms with Crippen LogP contribution >= 0.6 is 11.8 Å². The Bertz CT molecular complexity index is 406. The standard InChI is InChI=1S/C11H13NO2S/c1-7-11(13)12(2)9-5-4-8(14-3)6-10(9)15-7/h4-7H,1-3H3. The number of benzene rings is 1. The summed E-state index contributed by atoms with van der Waals surface area (Å²) in [6.07, 6.45) is 0. The van der Waals surface area contributed by atoms with Crippen molar-refractivity contribution in [2.75, 3.05) is 19.1 Å². The Morgan fingerprint density at radius 1 is 1.47 bits per heavy atom. The maximum Gasteiger partial charge on any atom is 0.239 e. The molecule has 0 radical (unpaired) electrons. The van der Waals surface area contributed by atoms with Gasteiger partial charge in [-0.15, -0.1) is 11.8 Å². The fourth-order valence-corrected chi connectivity index (χ4v) is 2.77. The van der Waals surface area contributed by atoms with Crippen molar-refractivity contribution in [1.82, 2.24) is 0 Å². The summed E-state index contributed by atoms with van der Waals surface area (Å²) in [4.78, 5) is 14.5. The molecular weight excluding hydrogens is 210 g/mol. The van der Waals surface area contributed by atoms with E-state index in [1.54, 1.807) is 23.8 Å². The van der Waals surface area contributed by atoms with Crippen molar-refractivity contribution in [2.45, 2.75) is 17.1 Å². The van der Waals surface area contributed by atoms with Crippen LogP contribution in [0.3, 0.4) is 0 Å². The molecule has 1 aliphatic heterocycles. The van der Waals surface area contributed by atoms with E-state index in [0.29, 0.717) is 0 Å². The molecule has 0 N–H and O–H groups in total. The molecule has 0 spiro atoms. The predicted molar refractivity (Wildman–Crippen MR) is 61.7 cm³/mol. The minimum Gasteiger partial charge on any atom is -0.497 e. The van der Waals surface area contributed by atoms with E-state index in [-0.39, 0.29) is 11.2 Å². The van der Waals surface area contributed by atoms with Crippen LogP contribution in [-0.2, 0) is 4.79 Å². The van der Waals surface area contributed by atoms with Crippen LogP contribution in [0.25, 0.3) is 0 Å². The highest BCUT2D eigenvalue weighted by molar-refractivity contribution is 8.01. The highest BCUT2D eigenvalue weighted by Crippen LogP contribution is 2.40. The molecular formula is C11H13NO2S. The topological polar surface area (TPSA) is 29.5 Å². The Hall–Kier alpha value is -1.16. The first kappa shape index (κ1) is 10.4. The van der Waals surface area contributed by atoms with E-state index in [1.165, 1.54) is 0 Å². The first-order chi connectivity index (χ1) is 7.13. The maximum atomic E-state index is 11.7.